The molecule has 10 amide bonds. The van der Waals surface area contributed by atoms with Crippen molar-refractivity contribution in [1.82, 2.24) is 15.3 Å². The van der Waals surface area contributed by atoms with E-state index in [0.29, 0.717) is 80.0 Å². The molecule has 0 spiro atoms. The van der Waals surface area contributed by atoms with E-state index < -0.39 is 9.85 Å². The quantitative estimate of drug-likeness (QED) is 0.0343. The molecular formula is C80H69N11O14. The second-order valence-corrected chi connectivity index (χ2v) is 28.7. The summed E-state index contributed by atoms with van der Waals surface area (Å²) in [6, 6.07) is 43.5. The average Bonchev–Trinajstić information content (AvgIpc) is 1.58. The van der Waals surface area contributed by atoms with Crippen LogP contribution in [-0.4, -0.2) is 78.9 Å². The molecule has 8 aromatic rings. The largest absolute Gasteiger partial charge is 0.399 e. The fourth-order valence-corrected chi connectivity index (χ4v) is 18.5. The summed E-state index contributed by atoms with van der Waals surface area (Å²) >= 11 is 0. The van der Waals surface area contributed by atoms with Gasteiger partial charge in [-0.25, -0.2) is 0 Å². The molecule has 2 aromatic heterocycles. The smallest absolute Gasteiger partial charge is 0.269 e. The lowest BCUT2D eigenvalue weighted by Crippen LogP contribution is -2.32. The van der Waals surface area contributed by atoms with Gasteiger partial charge >= 0.3 is 0 Å². The molecule has 8 bridgehead atoms. The Bertz CT molecular complexity index is 4870. The van der Waals surface area contributed by atoms with Gasteiger partial charge in [0.25, 0.3) is 23.2 Å². The summed E-state index contributed by atoms with van der Waals surface area (Å²) in [4.78, 5) is 157. The van der Waals surface area contributed by atoms with E-state index in [0.717, 1.165) is 49.3 Å². The molecule has 6 heterocycles. The van der Waals surface area contributed by atoms with E-state index in [-0.39, 0.29) is 143 Å². The highest BCUT2D eigenvalue weighted by atomic mass is 16.6. The molecule has 4 saturated heterocycles. The Morgan fingerprint density at radius 1 is 0.410 bits per heavy atom. The van der Waals surface area contributed by atoms with Crippen molar-refractivity contribution < 1.29 is 59.2 Å². The second kappa shape index (κ2) is 26.7. The van der Waals surface area contributed by atoms with Crippen LogP contribution in [0.3, 0.4) is 0 Å². The van der Waals surface area contributed by atoms with Crippen LogP contribution in [0.25, 0.3) is 21.8 Å². The van der Waals surface area contributed by atoms with Gasteiger partial charge in [0, 0.05) is 65.9 Å². The number of nitrogen functional groups attached to an aromatic ring is 1. The molecule has 4 aliphatic heterocycles. The van der Waals surface area contributed by atoms with E-state index in [4.69, 9.17) is 5.73 Å². The van der Waals surface area contributed by atoms with Crippen LogP contribution >= 0.6 is 0 Å². The number of allylic oxidation sites excluding steroid dienone is 6. The highest BCUT2D eigenvalue weighted by Gasteiger charge is 2.63. The molecule has 528 valence electrons. The number of nitrogens with one attached hydrogen (secondary N) is 3. The molecule has 5 N–H and O–H groups in total. The Kier molecular flexibility index (Phi) is 17.0. The van der Waals surface area contributed by atoms with Gasteiger partial charge in [-0.3, -0.25) is 98.2 Å². The minimum Gasteiger partial charge on any atom is -0.399 e. The summed E-state index contributed by atoms with van der Waals surface area (Å²) in [6.45, 7) is 0. The lowest BCUT2D eigenvalue weighted by molar-refractivity contribution is -0.385. The third-order valence-electron chi connectivity index (χ3n) is 23.1. The molecule has 25 nitrogen and oxygen atoms in total. The lowest BCUT2D eigenvalue weighted by Gasteiger charge is -2.19. The fourth-order valence-electron chi connectivity index (χ4n) is 18.5. The number of benzene rings is 6. The Morgan fingerprint density at radius 3 is 1.08 bits per heavy atom. The second-order valence-electron chi connectivity index (χ2n) is 28.7. The van der Waals surface area contributed by atoms with Crippen LogP contribution in [0.4, 0.5) is 45.5 Å². The number of nitro benzene ring substituents is 2. The number of anilines is 6. The van der Waals surface area contributed by atoms with Gasteiger partial charge in [-0.05, 0) is 183 Å². The van der Waals surface area contributed by atoms with Crippen LogP contribution in [0.1, 0.15) is 60.7 Å². The van der Waals surface area contributed by atoms with Crippen molar-refractivity contribution in [1.29, 1.82) is 0 Å². The highest BCUT2D eigenvalue weighted by Crippen LogP contribution is 2.58. The number of nitro groups is 2. The predicted molar refractivity (Wildman–Crippen MR) is 387 cm³/mol. The molecule has 25 heteroatoms. The zero-order valence-corrected chi connectivity index (χ0v) is 56.0. The topological polar surface area (TPSA) is 355 Å². The number of nitrogens with zero attached hydrogens (tertiary/aromatic N) is 7. The van der Waals surface area contributed by atoms with Crippen LogP contribution in [0, 0.1) is 115 Å². The number of aromatic nitrogens is 2. The number of nitrogens with two attached hydrogens (primary N) is 1. The van der Waals surface area contributed by atoms with Gasteiger partial charge < -0.3 is 16.4 Å². The van der Waals surface area contributed by atoms with Crippen molar-refractivity contribution in [2.45, 2.75) is 38.5 Å². The zero-order chi connectivity index (χ0) is 72.8. The maximum atomic E-state index is 13.0. The number of hydrogen-bond acceptors (Lipinski definition) is 17. The van der Waals surface area contributed by atoms with Gasteiger partial charge in [0.1, 0.15) is 0 Å². The number of fused-ring (bicyclic) bond motifs is 22. The molecule has 20 rings (SSSR count). The summed E-state index contributed by atoms with van der Waals surface area (Å²) in [6.07, 6.45) is 21.7. The molecule has 105 heavy (non-hydrogen) atoms. The summed E-state index contributed by atoms with van der Waals surface area (Å²) in [5, 5.41) is 30.7. The van der Waals surface area contributed by atoms with E-state index in [1.807, 2.05) is 60.7 Å². The Hall–Kier alpha value is -12.5. The molecule has 9 fully saturated rings. The van der Waals surface area contributed by atoms with Crippen molar-refractivity contribution in [3.05, 3.63) is 238 Å². The van der Waals surface area contributed by atoms with Crippen LogP contribution in [-0.2, 0) is 38.4 Å². The maximum absolute atomic E-state index is 13.0. The van der Waals surface area contributed by atoms with Gasteiger partial charge in [-0.2, -0.15) is 0 Å². The molecular weight excluding hydrogens is 1340 g/mol. The standard InChI is InChI=1S/C25H21N3O3.C25H19N3O3.C15H12N2O4.C9H9NO2.C6H6N2O2.H2/c2*29-23(19-5-1-3-14-4-2-12-26-22(14)19)27-17-8-10-18(11-9-17)28-24(30)20-15-6-7-16(13-15)21(20)25(28)31;18-14-12-8-1-2-9(7-8)13(12)15(19)16(14)10-3-5-11(6-4-10)17(20)21;11-8-6-4-1-2-5(3-4)7(6)9(12)10-8;7-5-1-3-6(4-2-5)8(9)10;/h1-5,8-12,15-16,20-21H,6-7,13H2,(H,27,29);1-12,15-16,20-21H,13H2,(H,27,29);1-6,8-9,12-13H,7H2;1-2,4-7H,3H2,(H,10,11,12);1-4H,7H2;1H/t2*15-,16+,20-,21+;8-,9+,12-,13+;4-,5+,6-,7+;;/i;;;;;1+1. The van der Waals surface area contributed by atoms with Crippen molar-refractivity contribution in [2.24, 2.45) is 94.7 Å². The van der Waals surface area contributed by atoms with Crippen molar-refractivity contribution in [3.63, 3.8) is 0 Å². The van der Waals surface area contributed by atoms with E-state index in [9.17, 15) is 68.2 Å². The van der Waals surface area contributed by atoms with Crippen molar-refractivity contribution in [3.8, 4) is 0 Å². The molecule has 12 aliphatic rings. The monoisotopic (exact) mass is 1410 g/mol. The molecule has 16 atom stereocenters. The first-order chi connectivity index (χ1) is 50.8. The number of amides is 10. The van der Waals surface area contributed by atoms with Crippen LogP contribution in [0.15, 0.2) is 207 Å². The first kappa shape index (κ1) is 67.0. The van der Waals surface area contributed by atoms with Gasteiger partial charge in [-0.15, -0.1) is 0 Å². The number of non-ortho nitro benzene ring substituents is 2. The normalized spacial score (nSPS) is 28.5. The minimum atomic E-state index is -0.504. The molecule has 0 radical (unpaired) electrons. The average molecular weight is 1410 g/mol. The predicted octanol–water partition coefficient (Wildman–Crippen LogP) is 11.2. The van der Waals surface area contributed by atoms with Gasteiger partial charge in [0.15, 0.2) is 0 Å². The molecule has 6 aromatic carbocycles. The summed E-state index contributed by atoms with van der Waals surface area (Å²) in [7, 11) is 0. The van der Waals surface area contributed by atoms with Gasteiger partial charge in [-0.1, -0.05) is 72.9 Å². The van der Waals surface area contributed by atoms with Crippen LogP contribution in [0.2, 0.25) is 0 Å². The Balaban J connectivity index is 0.000000112. The first-order valence-electron chi connectivity index (χ1n) is 35.1. The molecule has 5 saturated carbocycles. The van der Waals surface area contributed by atoms with Crippen molar-refractivity contribution in [2.75, 3.05) is 31.1 Å². The minimum absolute atomic E-state index is 0. The number of hydrogen-bond donors (Lipinski definition) is 4. The molecule has 8 aliphatic carbocycles. The van der Waals surface area contributed by atoms with Gasteiger partial charge in [0.2, 0.25) is 47.3 Å². The summed E-state index contributed by atoms with van der Waals surface area (Å²) < 4.78 is 0. The third kappa shape index (κ3) is 11.8. The van der Waals surface area contributed by atoms with Crippen molar-refractivity contribution >= 4 is 126 Å². The number of para-hydroxylation sites is 2. The number of carbonyl (C=O) groups is 10. The third-order valence-corrected chi connectivity index (χ3v) is 23.1. The van der Waals surface area contributed by atoms with Crippen LogP contribution in [0.5, 0.6) is 0 Å². The van der Waals surface area contributed by atoms with E-state index in [1.165, 1.54) is 63.2 Å². The summed E-state index contributed by atoms with van der Waals surface area (Å²) in [5.74, 6) is -0.452. The maximum Gasteiger partial charge on any atom is 0.269 e. The van der Waals surface area contributed by atoms with Gasteiger partial charge in [0.05, 0.1) is 96.4 Å². The Labute approximate surface area is 600 Å². The number of pyridine rings is 2. The number of carbonyl (C=O) groups excluding carboxylic acids is 10. The van der Waals surface area contributed by atoms with E-state index in [2.05, 4.69) is 50.2 Å². The lowest BCUT2D eigenvalue weighted by atomic mass is 9.81. The SMILES string of the molecule is Nc1ccc([N+](=O)[O-])cc1.O=C(Nc1ccc(N2C(=O)[C@@H]3[C@@H]4CC[C@@H](C4)[C@@H]3C2=O)cc1)c1cccc2cccnc12.O=C(Nc1ccc(N2C(=O)[C@@H]3[C@H](C2=O)[C@@H]2C=C[C@H]3C2)cc1)c1cccc2cccnc12.O=C1NC(=O)[C@H]2[C@@H]1[C@H]1C=C[C@@H]2C1.O=C1[C@@H]2[C@H](C(=O)N1c1ccc([N+](=O)[O-])cc1)[C@@H]1C=C[C@H]2C1.[2HH]. The van der Waals surface area contributed by atoms with E-state index in [1.54, 1.807) is 73.1 Å². The molecule has 0 unspecified atom stereocenters. The van der Waals surface area contributed by atoms with E-state index >= 15 is 0 Å². The first-order valence-corrected chi connectivity index (χ1v) is 35.1. The fraction of sp³-hybridized carbons (Fsp3) is 0.275. The number of rotatable bonds is 9. The zero-order valence-electron chi connectivity index (χ0n) is 56.0. The highest BCUT2D eigenvalue weighted by molar-refractivity contribution is 6.25. The number of imide groups is 4. The van der Waals surface area contributed by atoms with Crippen LogP contribution < -0.4 is 36.4 Å². The summed E-state index contributed by atoms with van der Waals surface area (Å²) in [5.41, 5.74) is 10.8. The Morgan fingerprint density at radius 2 is 0.724 bits per heavy atom.